The van der Waals surface area contributed by atoms with Crippen molar-refractivity contribution in [1.29, 1.82) is 5.26 Å². The summed E-state index contributed by atoms with van der Waals surface area (Å²) < 4.78 is 5.72. The molecule has 7 heteroatoms. The number of nitriles is 1. The van der Waals surface area contributed by atoms with Gasteiger partial charge in [-0.05, 0) is 68.6 Å². The van der Waals surface area contributed by atoms with E-state index >= 15 is 0 Å². The van der Waals surface area contributed by atoms with Gasteiger partial charge in [-0.2, -0.15) is 5.26 Å². The summed E-state index contributed by atoms with van der Waals surface area (Å²) in [5, 5.41) is 20.5. The first kappa shape index (κ1) is 18.2. The standard InChI is InChI=1S/C22H25N5O2/c1-15(19(28)27-12-10-21(6-7-21)11-13-27)24-20-26-25-18(29-20)16-2-4-17(5-3-16)22(14-23)8-9-22/h2-5,15H,6-13H2,1H3,(H,24,26)/t15-/m0/s1. The second-order valence-electron chi connectivity index (χ2n) is 8.87. The van der Waals surface area contributed by atoms with Crippen molar-refractivity contribution in [2.45, 2.75) is 56.9 Å². The summed E-state index contributed by atoms with van der Waals surface area (Å²) in [5.41, 5.74) is 2.09. The minimum absolute atomic E-state index is 0.0795. The predicted molar refractivity (Wildman–Crippen MR) is 107 cm³/mol. The number of anilines is 1. The van der Waals surface area contributed by atoms with Gasteiger partial charge in [-0.3, -0.25) is 4.79 Å². The Morgan fingerprint density at radius 2 is 1.83 bits per heavy atom. The molecule has 150 valence electrons. The molecule has 5 rings (SSSR count). The zero-order valence-corrected chi connectivity index (χ0v) is 16.6. The molecule has 1 saturated heterocycles. The van der Waals surface area contributed by atoms with E-state index in [9.17, 15) is 10.1 Å². The van der Waals surface area contributed by atoms with Gasteiger partial charge >= 0.3 is 6.01 Å². The summed E-state index contributed by atoms with van der Waals surface area (Å²) >= 11 is 0. The van der Waals surface area contributed by atoms with Crippen LogP contribution in [0.4, 0.5) is 6.01 Å². The Balaban J connectivity index is 1.21. The lowest BCUT2D eigenvalue weighted by Gasteiger charge is -2.33. The second kappa shape index (κ2) is 6.58. The van der Waals surface area contributed by atoms with Crippen molar-refractivity contribution in [2.24, 2.45) is 5.41 Å². The fourth-order valence-corrected chi connectivity index (χ4v) is 4.32. The van der Waals surface area contributed by atoms with E-state index in [0.717, 1.165) is 49.9 Å². The Bertz CT molecular complexity index is 956. The molecular formula is C22H25N5O2. The van der Waals surface area contributed by atoms with Gasteiger partial charge in [-0.25, -0.2) is 0 Å². The third kappa shape index (κ3) is 3.37. The number of piperidine rings is 1. The van der Waals surface area contributed by atoms with Gasteiger partial charge in [0.25, 0.3) is 0 Å². The number of hydrogen-bond donors (Lipinski definition) is 1. The van der Waals surface area contributed by atoms with E-state index in [1.54, 1.807) is 0 Å². The normalized spacial score (nSPS) is 22.0. The van der Waals surface area contributed by atoms with E-state index in [4.69, 9.17) is 4.42 Å². The zero-order chi connectivity index (χ0) is 20.1. The van der Waals surface area contributed by atoms with Crippen LogP contribution in [0.1, 0.15) is 51.0 Å². The average molecular weight is 391 g/mol. The Morgan fingerprint density at radius 3 is 2.41 bits per heavy atom. The molecule has 2 saturated carbocycles. The number of benzene rings is 1. The van der Waals surface area contributed by atoms with Crippen molar-refractivity contribution in [3.8, 4) is 17.5 Å². The van der Waals surface area contributed by atoms with Gasteiger partial charge in [0.2, 0.25) is 11.8 Å². The van der Waals surface area contributed by atoms with E-state index in [2.05, 4.69) is 21.6 Å². The molecule has 1 aliphatic heterocycles. The smallest absolute Gasteiger partial charge is 0.316 e. The maximum absolute atomic E-state index is 12.7. The summed E-state index contributed by atoms with van der Waals surface area (Å²) in [6, 6.07) is 9.95. The predicted octanol–water partition coefficient (Wildman–Crippen LogP) is 3.49. The van der Waals surface area contributed by atoms with Crippen LogP contribution in [-0.4, -0.2) is 40.1 Å². The van der Waals surface area contributed by atoms with Crippen molar-refractivity contribution < 1.29 is 9.21 Å². The number of amides is 1. The molecule has 0 unspecified atom stereocenters. The van der Waals surface area contributed by atoms with Gasteiger partial charge in [0.05, 0.1) is 11.5 Å². The van der Waals surface area contributed by atoms with Crippen molar-refractivity contribution in [3.63, 3.8) is 0 Å². The number of carbonyl (C=O) groups is 1. The summed E-state index contributed by atoms with van der Waals surface area (Å²) in [6.45, 7) is 3.52. The van der Waals surface area contributed by atoms with Crippen LogP contribution in [0.5, 0.6) is 0 Å². The lowest BCUT2D eigenvalue weighted by atomic mass is 9.93. The third-order valence-corrected chi connectivity index (χ3v) is 6.88. The maximum Gasteiger partial charge on any atom is 0.316 e. The minimum atomic E-state index is -0.413. The van der Waals surface area contributed by atoms with Crippen LogP contribution in [0.15, 0.2) is 28.7 Å². The Hall–Kier alpha value is -2.88. The zero-order valence-electron chi connectivity index (χ0n) is 16.6. The Labute approximate surface area is 170 Å². The number of likely N-dealkylation sites (tertiary alicyclic amines) is 1. The van der Waals surface area contributed by atoms with Gasteiger partial charge < -0.3 is 14.6 Å². The molecular weight excluding hydrogens is 366 g/mol. The van der Waals surface area contributed by atoms with E-state index < -0.39 is 6.04 Å². The SMILES string of the molecule is C[C@H](Nc1nnc(-c2ccc(C3(C#N)CC3)cc2)o1)C(=O)N1CCC2(CC1)CC2. The third-order valence-electron chi connectivity index (χ3n) is 6.88. The molecule has 2 heterocycles. The molecule has 0 radical (unpaired) electrons. The number of aromatic nitrogens is 2. The maximum atomic E-state index is 12.7. The monoisotopic (exact) mass is 391 g/mol. The van der Waals surface area contributed by atoms with Crippen molar-refractivity contribution in [1.82, 2.24) is 15.1 Å². The van der Waals surface area contributed by atoms with Crippen molar-refractivity contribution in [3.05, 3.63) is 29.8 Å². The highest BCUT2D eigenvalue weighted by Gasteiger charge is 2.46. The van der Waals surface area contributed by atoms with Gasteiger partial charge in [0.15, 0.2) is 0 Å². The van der Waals surface area contributed by atoms with Crippen LogP contribution in [-0.2, 0) is 10.2 Å². The highest BCUT2D eigenvalue weighted by molar-refractivity contribution is 5.83. The quantitative estimate of drug-likeness (QED) is 0.838. The molecule has 3 fully saturated rings. The summed E-state index contributed by atoms with van der Waals surface area (Å²) in [4.78, 5) is 14.7. The number of nitrogens with one attached hydrogen (secondary N) is 1. The van der Waals surface area contributed by atoms with E-state index in [0.29, 0.717) is 11.3 Å². The highest BCUT2D eigenvalue weighted by atomic mass is 16.4. The Kier molecular flexibility index (Phi) is 4.12. The molecule has 0 bridgehead atoms. The molecule has 1 atom stereocenters. The first-order valence-corrected chi connectivity index (χ1v) is 10.4. The van der Waals surface area contributed by atoms with Gasteiger partial charge in [0.1, 0.15) is 6.04 Å². The molecule has 1 N–H and O–H groups in total. The van der Waals surface area contributed by atoms with Crippen LogP contribution in [0, 0.1) is 16.7 Å². The number of nitrogens with zero attached hydrogens (tertiary/aromatic N) is 4. The summed E-state index contributed by atoms with van der Waals surface area (Å²) in [5.74, 6) is 0.477. The molecule has 1 aromatic carbocycles. The van der Waals surface area contributed by atoms with Crippen LogP contribution in [0.2, 0.25) is 0 Å². The summed E-state index contributed by atoms with van der Waals surface area (Å²) in [6.07, 6.45) is 6.74. The van der Waals surface area contributed by atoms with E-state index in [1.165, 1.54) is 12.8 Å². The highest BCUT2D eigenvalue weighted by Crippen LogP contribution is 2.53. The first-order chi connectivity index (χ1) is 14.0. The summed E-state index contributed by atoms with van der Waals surface area (Å²) in [7, 11) is 0. The molecule has 2 aliphatic carbocycles. The Morgan fingerprint density at radius 1 is 1.14 bits per heavy atom. The average Bonchev–Trinajstić information content (AvgIpc) is 3.67. The molecule has 2 aromatic rings. The number of carbonyl (C=O) groups excluding carboxylic acids is 1. The molecule has 1 amide bonds. The van der Waals surface area contributed by atoms with Crippen molar-refractivity contribution in [2.75, 3.05) is 18.4 Å². The lowest BCUT2D eigenvalue weighted by Crippen LogP contribution is -2.45. The number of hydrogen-bond acceptors (Lipinski definition) is 6. The number of rotatable bonds is 5. The minimum Gasteiger partial charge on any atom is -0.403 e. The molecule has 29 heavy (non-hydrogen) atoms. The largest absolute Gasteiger partial charge is 0.403 e. The molecule has 1 spiro atoms. The van der Waals surface area contributed by atoms with Gasteiger partial charge in [0, 0.05) is 18.7 Å². The van der Waals surface area contributed by atoms with Crippen LogP contribution in [0.25, 0.3) is 11.5 Å². The van der Waals surface area contributed by atoms with Crippen LogP contribution in [0.3, 0.4) is 0 Å². The fraction of sp³-hybridized carbons (Fsp3) is 0.545. The first-order valence-electron chi connectivity index (χ1n) is 10.4. The van der Waals surface area contributed by atoms with Crippen LogP contribution >= 0.6 is 0 Å². The second-order valence-corrected chi connectivity index (χ2v) is 8.87. The van der Waals surface area contributed by atoms with Gasteiger partial charge in [-0.15, -0.1) is 5.10 Å². The topological polar surface area (TPSA) is 95.0 Å². The van der Waals surface area contributed by atoms with E-state index in [1.807, 2.05) is 36.1 Å². The fourth-order valence-electron chi connectivity index (χ4n) is 4.32. The molecule has 3 aliphatic rings. The van der Waals surface area contributed by atoms with Gasteiger partial charge in [-0.1, -0.05) is 17.2 Å². The van der Waals surface area contributed by atoms with E-state index in [-0.39, 0.29) is 17.3 Å². The van der Waals surface area contributed by atoms with Crippen LogP contribution < -0.4 is 5.32 Å². The lowest BCUT2D eigenvalue weighted by molar-refractivity contribution is -0.133. The molecule has 7 nitrogen and oxygen atoms in total. The van der Waals surface area contributed by atoms with Crippen molar-refractivity contribution >= 4 is 11.9 Å². The molecule has 1 aromatic heterocycles.